The number of nitrogens with one attached hydrogen (secondary N) is 3. The molecule has 1 aromatic rings. The molecular formula is C24H29F6N3O3. The van der Waals surface area contributed by atoms with E-state index in [9.17, 15) is 40.7 Å². The lowest BCUT2D eigenvalue weighted by Gasteiger charge is -2.31. The minimum absolute atomic E-state index is 0.114. The highest BCUT2D eigenvalue weighted by molar-refractivity contribution is 6.67. The van der Waals surface area contributed by atoms with Gasteiger partial charge in [0, 0.05) is 18.9 Å². The molecule has 3 rings (SSSR count). The molecule has 36 heavy (non-hydrogen) atoms. The SMILES string of the molecule is CC(C)CC(F)(F)C[C@H](N[C@@H](c1ccc(F)cc1)C(F)(F)F)C(=O)N[C@@H](C)C1(NC2CC2)C(=O)C1=O. The quantitative estimate of drug-likeness (QED) is 0.222. The van der Waals surface area contributed by atoms with Crippen molar-refractivity contribution in [2.45, 2.75) is 88.3 Å². The van der Waals surface area contributed by atoms with Gasteiger partial charge in [-0.15, -0.1) is 0 Å². The van der Waals surface area contributed by atoms with E-state index in [0.29, 0.717) is 12.8 Å². The van der Waals surface area contributed by atoms with E-state index in [4.69, 9.17) is 0 Å². The van der Waals surface area contributed by atoms with E-state index in [0.717, 1.165) is 24.3 Å². The van der Waals surface area contributed by atoms with Crippen molar-refractivity contribution in [2.75, 3.05) is 0 Å². The lowest BCUT2D eigenvalue weighted by Crippen LogP contribution is -2.58. The monoisotopic (exact) mass is 521 g/mol. The maximum Gasteiger partial charge on any atom is 0.407 e. The number of Topliss-reactive ketones (excluding diaryl/α,β-unsaturated/α-hetero) is 2. The van der Waals surface area contributed by atoms with E-state index in [-0.39, 0.29) is 6.04 Å². The summed E-state index contributed by atoms with van der Waals surface area (Å²) in [6.45, 7) is 4.33. The Balaban J connectivity index is 1.86. The molecule has 0 aromatic heterocycles. The van der Waals surface area contributed by atoms with Crippen LogP contribution in [0.2, 0.25) is 0 Å². The highest BCUT2D eigenvalue weighted by Gasteiger charge is 2.70. The number of hydrogen-bond donors (Lipinski definition) is 3. The zero-order valence-electron chi connectivity index (χ0n) is 20.0. The van der Waals surface area contributed by atoms with E-state index < -0.39 is 83.4 Å². The third-order valence-electron chi connectivity index (χ3n) is 6.30. The van der Waals surface area contributed by atoms with E-state index in [1.54, 1.807) is 0 Å². The Morgan fingerprint density at radius 3 is 2.00 bits per heavy atom. The Kier molecular flexibility index (Phi) is 7.90. The number of amides is 1. The van der Waals surface area contributed by atoms with Crippen LogP contribution in [-0.2, 0) is 14.4 Å². The standard InChI is InChI=1S/C24H29F6N3O3/c1-12(2)10-22(26,27)11-17(32-18(24(28,29)30)14-4-6-15(25)7-5-14)21(36)31-13(3)23(19(34)20(23)35)33-16-8-9-16/h4-7,12-13,16-18,32-33H,8-11H2,1-3H3,(H,31,36)/t13-,17-,18-/m0/s1. The van der Waals surface area contributed by atoms with Crippen molar-refractivity contribution in [1.82, 2.24) is 16.0 Å². The van der Waals surface area contributed by atoms with Crippen molar-refractivity contribution >= 4 is 17.5 Å². The van der Waals surface area contributed by atoms with Gasteiger partial charge in [-0.25, -0.2) is 13.2 Å². The molecule has 2 aliphatic rings. The minimum atomic E-state index is -5.01. The molecular weight excluding hydrogens is 492 g/mol. The summed E-state index contributed by atoms with van der Waals surface area (Å²) in [5, 5.41) is 7.14. The van der Waals surface area contributed by atoms with Crippen molar-refractivity contribution in [2.24, 2.45) is 5.92 Å². The normalized spacial score (nSPS) is 20.3. The summed E-state index contributed by atoms with van der Waals surface area (Å²) in [5.74, 6) is -7.58. The summed E-state index contributed by atoms with van der Waals surface area (Å²) in [5.41, 5.74) is -2.18. The van der Waals surface area contributed by atoms with Crippen LogP contribution in [0.4, 0.5) is 26.3 Å². The lowest BCUT2D eigenvalue weighted by atomic mass is 9.96. The van der Waals surface area contributed by atoms with Crippen LogP contribution in [0.5, 0.6) is 0 Å². The fraction of sp³-hybridized carbons (Fsp3) is 0.625. The smallest absolute Gasteiger partial charge is 0.349 e. The van der Waals surface area contributed by atoms with Crippen molar-refractivity contribution in [3.8, 4) is 0 Å². The Morgan fingerprint density at radius 2 is 1.56 bits per heavy atom. The van der Waals surface area contributed by atoms with Crippen LogP contribution in [0.15, 0.2) is 24.3 Å². The van der Waals surface area contributed by atoms with Crippen LogP contribution >= 0.6 is 0 Å². The first-order chi connectivity index (χ1) is 16.6. The van der Waals surface area contributed by atoms with Gasteiger partial charge in [0.2, 0.25) is 23.4 Å². The summed E-state index contributed by atoms with van der Waals surface area (Å²) in [6.07, 6.45) is -5.53. The van der Waals surface area contributed by atoms with Crippen molar-refractivity contribution in [3.05, 3.63) is 35.6 Å². The summed E-state index contributed by atoms with van der Waals surface area (Å²) in [7, 11) is 0. The van der Waals surface area contributed by atoms with Gasteiger partial charge < -0.3 is 5.32 Å². The van der Waals surface area contributed by atoms with Gasteiger partial charge in [-0.1, -0.05) is 26.0 Å². The zero-order valence-corrected chi connectivity index (χ0v) is 20.0. The van der Waals surface area contributed by atoms with Gasteiger partial charge in [-0.3, -0.25) is 25.0 Å². The highest BCUT2D eigenvalue weighted by atomic mass is 19.4. The lowest BCUT2D eigenvalue weighted by molar-refractivity contribution is -0.163. The van der Waals surface area contributed by atoms with Crippen molar-refractivity contribution < 1.29 is 40.7 Å². The molecule has 0 bridgehead atoms. The molecule has 2 fully saturated rings. The fourth-order valence-corrected chi connectivity index (χ4v) is 4.31. The molecule has 3 N–H and O–H groups in total. The average molecular weight is 522 g/mol. The minimum Gasteiger partial charge on any atom is -0.349 e. The first-order valence-corrected chi connectivity index (χ1v) is 11.7. The van der Waals surface area contributed by atoms with Crippen LogP contribution in [0.3, 0.4) is 0 Å². The predicted molar refractivity (Wildman–Crippen MR) is 118 cm³/mol. The third-order valence-corrected chi connectivity index (χ3v) is 6.30. The second kappa shape index (κ2) is 10.1. The Bertz CT molecular complexity index is 978. The predicted octanol–water partition coefficient (Wildman–Crippen LogP) is 3.61. The Labute approximate surface area is 204 Å². The summed E-state index contributed by atoms with van der Waals surface area (Å²) >= 11 is 0. The van der Waals surface area contributed by atoms with Crippen LogP contribution in [0, 0.1) is 11.7 Å². The van der Waals surface area contributed by atoms with E-state index in [1.165, 1.54) is 20.8 Å². The molecule has 0 unspecified atom stereocenters. The van der Waals surface area contributed by atoms with E-state index >= 15 is 0 Å². The molecule has 1 amide bonds. The molecule has 0 spiro atoms. The summed E-state index contributed by atoms with van der Waals surface area (Å²) in [4.78, 5) is 37.2. The molecule has 6 nitrogen and oxygen atoms in total. The van der Waals surface area contributed by atoms with Gasteiger partial charge in [0.25, 0.3) is 0 Å². The number of benzene rings is 1. The van der Waals surface area contributed by atoms with Crippen LogP contribution < -0.4 is 16.0 Å². The molecule has 2 aliphatic carbocycles. The largest absolute Gasteiger partial charge is 0.407 e. The van der Waals surface area contributed by atoms with Gasteiger partial charge >= 0.3 is 6.18 Å². The summed E-state index contributed by atoms with van der Waals surface area (Å²) < 4.78 is 84.4. The number of hydrogen-bond acceptors (Lipinski definition) is 5. The molecule has 200 valence electrons. The topological polar surface area (TPSA) is 87.3 Å². The highest BCUT2D eigenvalue weighted by Crippen LogP contribution is 2.37. The Hall–Kier alpha value is -2.47. The molecule has 0 heterocycles. The molecule has 12 heteroatoms. The number of carbonyl (C=O) groups is 3. The van der Waals surface area contributed by atoms with Crippen LogP contribution in [-0.4, -0.2) is 53.2 Å². The molecule has 3 atom stereocenters. The first-order valence-electron chi connectivity index (χ1n) is 11.7. The number of halogens is 6. The Morgan fingerprint density at radius 1 is 1.00 bits per heavy atom. The second-order valence-electron chi connectivity index (χ2n) is 10.0. The number of ketones is 2. The van der Waals surface area contributed by atoms with Crippen molar-refractivity contribution in [3.63, 3.8) is 0 Å². The number of alkyl halides is 5. The van der Waals surface area contributed by atoms with Crippen molar-refractivity contribution in [1.29, 1.82) is 0 Å². The molecule has 1 aromatic carbocycles. The molecule has 0 saturated heterocycles. The van der Waals surface area contributed by atoms with Gasteiger partial charge in [-0.05, 0) is 43.4 Å². The van der Waals surface area contributed by atoms with Gasteiger partial charge in [0.1, 0.15) is 11.9 Å². The number of carbonyl (C=O) groups excluding carboxylic acids is 3. The molecule has 0 radical (unpaired) electrons. The maximum absolute atomic E-state index is 14.7. The van der Waals surface area contributed by atoms with Crippen LogP contribution in [0.25, 0.3) is 0 Å². The van der Waals surface area contributed by atoms with Gasteiger partial charge in [-0.2, -0.15) is 13.2 Å². The maximum atomic E-state index is 14.7. The zero-order chi connectivity index (χ0) is 27.1. The summed E-state index contributed by atoms with van der Waals surface area (Å²) in [6, 6.07) is -2.61. The van der Waals surface area contributed by atoms with Crippen LogP contribution in [0.1, 0.15) is 58.1 Å². The molecule has 2 saturated carbocycles. The number of rotatable bonds is 12. The molecule has 0 aliphatic heterocycles. The average Bonchev–Trinajstić information content (AvgIpc) is 3.65. The second-order valence-corrected chi connectivity index (χ2v) is 10.0. The van der Waals surface area contributed by atoms with E-state index in [1.807, 2.05) is 5.32 Å². The van der Waals surface area contributed by atoms with E-state index in [2.05, 4.69) is 10.6 Å². The van der Waals surface area contributed by atoms with Gasteiger partial charge in [0.05, 0.1) is 12.1 Å². The first kappa shape index (κ1) is 28.1. The van der Waals surface area contributed by atoms with Gasteiger partial charge in [0.15, 0.2) is 5.54 Å². The fourth-order valence-electron chi connectivity index (χ4n) is 4.31. The third kappa shape index (κ3) is 6.44.